The van der Waals surface area contributed by atoms with E-state index in [1.54, 1.807) is 36.0 Å². The fourth-order valence-corrected chi connectivity index (χ4v) is 3.23. The van der Waals surface area contributed by atoms with E-state index in [0.29, 0.717) is 23.9 Å². The van der Waals surface area contributed by atoms with Crippen molar-refractivity contribution in [2.45, 2.75) is 12.5 Å². The maximum absolute atomic E-state index is 13.1. The van der Waals surface area contributed by atoms with Crippen LogP contribution in [-0.4, -0.2) is 38.7 Å². The van der Waals surface area contributed by atoms with Crippen LogP contribution >= 0.6 is 0 Å². The summed E-state index contributed by atoms with van der Waals surface area (Å²) in [7, 11) is 1.72. The monoisotopic (exact) mass is 366 g/mol. The molecule has 2 aromatic heterocycles. The summed E-state index contributed by atoms with van der Waals surface area (Å²) in [6.07, 6.45) is 3.96. The Morgan fingerprint density at radius 3 is 2.74 bits per heavy atom. The third-order valence-corrected chi connectivity index (χ3v) is 4.64. The molecule has 3 heterocycles. The number of hydrogen-bond donors (Lipinski definition) is 1. The van der Waals surface area contributed by atoms with Gasteiger partial charge < -0.3 is 10.2 Å². The fraction of sp³-hybridized carbons (Fsp3) is 0.263. The van der Waals surface area contributed by atoms with Gasteiger partial charge in [-0.05, 0) is 36.8 Å². The van der Waals surface area contributed by atoms with Gasteiger partial charge in [0.1, 0.15) is 12.1 Å². The smallest absolute Gasteiger partial charge is 0.255 e. The van der Waals surface area contributed by atoms with Gasteiger partial charge in [0.15, 0.2) is 0 Å². The minimum Gasteiger partial charge on any atom is -0.380 e. The zero-order valence-corrected chi connectivity index (χ0v) is 14.8. The van der Waals surface area contributed by atoms with E-state index in [1.807, 2.05) is 0 Å². The van der Waals surface area contributed by atoms with Gasteiger partial charge in [0.2, 0.25) is 5.95 Å². The van der Waals surface area contributed by atoms with E-state index in [4.69, 9.17) is 0 Å². The van der Waals surface area contributed by atoms with Crippen LogP contribution < -0.4 is 15.8 Å². The predicted octanol–water partition coefficient (Wildman–Crippen LogP) is 2.07. The number of benzene rings is 1. The summed E-state index contributed by atoms with van der Waals surface area (Å²) in [6, 6.07) is 9.72. The topological polar surface area (TPSA) is 75.9 Å². The van der Waals surface area contributed by atoms with Crippen molar-refractivity contribution >= 4 is 11.6 Å². The van der Waals surface area contributed by atoms with Crippen molar-refractivity contribution < 1.29 is 4.39 Å². The minimum absolute atomic E-state index is 0.136. The van der Waals surface area contributed by atoms with Crippen LogP contribution in [0, 0.1) is 5.82 Å². The number of nitrogens with zero attached hydrogens (tertiary/aromatic N) is 5. The van der Waals surface area contributed by atoms with Crippen LogP contribution in [0.4, 0.5) is 16.0 Å². The Morgan fingerprint density at radius 1 is 1.19 bits per heavy atom. The average molecular weight is 366 g/mol. The van der Waals surface area contributed by atoms with Crippen molar-refractivity contribution in [3.63, 3.8) is 0 Å². The Labute approximate surface area is 155 Å². The van der Waals surface area contributed by atoms with Crippen LogP contribution in [0.1, 0.15) is 6.42 Å². The van der Waals surface area contributed by atoms with Gasteiger partial charge in [-0.15, -0.1) is 0 Å². The lowest BCUT2D eigenvalue weighted by atomic mass is 10.2. The standard InChI is InChI=1S/C19H19FN6O/c1-25-18(27)10-17(16-6-8-21-12-22-16)24-19(25)26-9-7-15(11-26)23-14-4-2-13(20)3-5-14/h2-6,8,10,12,15,23H,7,9,11H2,1H3/t15-/m1/s1. The van der Waals surface area contributed by atoms with Crippen LogP contribution in [-0.2, 0) is 7.05 Å². The highest BCUT2D eigenvalue weighted by Gasteiger charge is 2.25. The first-order valence-electron chi connectivity index (χ1n) is 8.71. The molecule has 1 aliphatic rings. The quantitative estimate of drug-likeness (QED) is 0.762. The zero-order chi connectivity index (χ0) is 18.8. The molecule has 1 saturated heterocycles. The van der Waals surface area contributed by atoms with E-state index in [9.17, 15) is 9.18 Å². The first-order valence-corrected chi connectivity index (χ1v) is 8.71. The highest BCUT2D eigenvalue weighted by molar-refractivity contribution is 5.55. The fourth-order valence-electron chi connectivity index (χ4n) is 3.23. The summed E-state index contributed by atoms with van der Waals surface area (Å²) < 4.78 is 14.6. The summed E-state index contributed by atoms with van der Waals surface area (Å²) in [5, 5.41) is 3.40. The molecule has 27 heavy (non-hydrogen) atoms. The molecule has 8 heteroatoms. The van der Waals surface area contributed by atoms with Crippen LogP contribution in [0.2, 0.25) is 0 Å². The molecule has 4 rings (SSSR count). The molecule has 0 unspecified atom stereocenters. The molecule has 0 bridgehead atoms. The summed E-state index contributed by atoms with van der Waals surface area (Å²) in [6.45, 7) is 1.47. The van der Waals surface area contributed by atoms with Crippen molar-refractivity contribution in [2.24, 2.45) is 7.05 Å². The van der Waals surface area contributed by atoms with Crippen LogP contribution in [0.15, 0.2) is 53.7 Å². The second-order valence-electron chi connectivity index (χ2n) is 6.52. The molecule has 7 nitrogen and oxygen atoms in total. The molecule has 1 aliphatic heterocycles. The van der Waals surface area contributed by atoms with Gasteiger partial charge in [0.25, 0.3) is 5.56 Å². The molecule has 0 amide bonds. The summed E-state index contributed by atoms with van der Waals surface area (Å²) in [5.74, 6) is 0.355. The van der Waals surface area contributed by atoms with Gasteiger partial charge in [-0.2, -0.15) is 0 Å². The first-order chi connectivity index (χ1) is 13.1. The summed E-state index contributed by atoms with van der Waals surface area (Å²) in [4.78, 5) is 27.2. The van der Waals surface area contributed by atoms with Crippen molar-refractivity contribution in [1.82, 2.24) is 19.5 Å². The molecule has 3 aromatic rings. The van der Waals surface area contributed by atoms with Gasteiger partial charge >= 0.3 is 0 Å². The maximum Gasteiger partial charge on any atom is 0.255 e. The summed E-state index contributed by atoms with van der Waals surface area (Å²) >= 11 is 0. The second-order valence-corrected chi connectivity index (χ2v) is 6.52. The molecule has 1 N–H and O–H groups in total. The Kier molecular flexibility index (Phi) is 4.53. The third-order valence-electron chi connectivity index (χ3n) is 4.64. The average Bonchev–Trinajstić information content (AvgIpc) is 3.14. The van der Waals surface area contributed by atoms with Gasteiger partial charge in [-0.1, -0.05) is 0 Å². The Morgan fingerprint density at radius 2 is 2.00 bits per heavy atom. The van der Waals surface area contributed by atoms with E-state index in [-0.39, 0.29) is 17.4 Å². The van der Waals surface area contributed by atoms with Crippen molar-refractivity contribution in [3.8, 4) is 11.4 Å². The van der Waals surface area contributed by atoms with Crippen LogP contribution in [0.3, 0.4) is 0 Å². The molecule has 1 aromatic carbocycles. The SMILES string of the molecule is Cn1c(N2CC[C@@H](Nc3ccc(F)cc3)C2)nc(-c2ccncn2)cc1=O. The predicted molar refractivity (Wildman–Crippen MR) is 101 cm³/mol. The van der Waals surface area contributed by atoms with E-state index < -0.39 is 0 Å². The number of rotatable bonds is 4. The van der Waals surface area contributed by atoms with Crippen molar-refractivity contribution in [2.75, 3.05) is 23.3 Å². The van der Waals surface area contributed by atoms with E-state index >= 15 is 0 Å². The largest absolute Gasteiger partial charge is 0.380 e. The molecular weight excluding hydrogens is 347 g/mol. The van der Waals surface area contributed by atoms with E-state index in [1.165, 1.54) is 24.5 Å². The van der Waals surface area contributed by atoms with Crippen LogP contribution in [0.5, 0.6) is 0 Å². The number of anilines is 2. The normalized spacial score (nSPS) is 16.5. The number of hydrogen-bond acceptors (Lipinski definition) is 6. The molecule has 0 saturated carbocycles. The minimum atomic E-state index is -0.255. The van der Waals surface area contributed by atoms with Gasteiger partial charge in [-0.3, -0.25) is 9.36 Å². The van der Waals surface area contributed by atoms with Gasteiger partial charge in [0.05, 0.1) is 11.4 Å². The van der Waals surface area contributed by atoms with E-state index in [0.717, 1.165) is 18.7 Å². The molecular formula is C19H19FN6O. The molecule has 1 fully saturated rings. The molecule has 138 valence electrons. The lowest BCUT2D eigenvalue weighted by Gasteiger charge is -2.21. The second kappa shape index (κ2) is 7.14. The molecule has 1 atom stereocenters. The summed E-state index contributed by atoms with van der Waals surface area (Å²) in [5.41, 5.74) is 1.89. The third kappa shape index (κ3) is 3.64. The van der Waals surface area contributed by atoms with Crippen molar-refractivity contribution in [3.05, 3.63) is 65.1 Å². The zero-order valence-electron chi connectivity index (χ0n) is 14.8. The number of aromatic nitrogens is 4. The van der Waals surface area contributed by atoms with Gasteiger partial charge in [0, 0.05) is 44.1 Å². The Hall–Kier alpha value is -3.29. The Bertz CT molecular complexity index is 989. The highest BCUT2D eigenvalue weighted by atomic mass is 19.1. The van der Waals surface area contributed by atoms with Crippen molar-refractivity contribution in [1.29, 1.82) is 0 Å². The van der Waals surface area contributed by atoms with Crippen LogP contribution in [0.25, 0.3) is 11.4 Å². The first kappa shape index (κ1) is 17.1. The molecule has 0 aliphatic carbocycles. The van der Waals surface area contributed by atoms with E-state index in [2.05, 4.69) is 25.2 Å². The lowest BCUT2D eigenvalue weighted by Crippen LogP contribution is -2.32. The molecule has 0 spiro atoms. The number of halogens is 1. The maximum atomic E-state index is 13.1. The lowest BCUT2D eigenvalue weighted by molar-refractivity contribution is 0.628. The molecule has 0 radical (unpaired) electrons. The van der Waals surface area contributed by atoms with Gasteiger partial charge in [-0.25, -0.2) is 19.3 Å². The number of nitrogens with one attached hydrogen (secondary N) is 1. The highest BCUT2D eigenvalue weighted by Crippen LogP contribution is 2.22. The Balaban J connectivity index is 1.56.